The third-order valence-corrected chi connectivity index (χ3v) is 6.06. The maximum atomic E-state index is 6.76. The third-order valence-electron chi connectivity index (χ3n) is 6.06. The van der Waals surface area contributed by atoms with Gasteiger partial charge in [-0.2, -0.15) is 0 Å². The summed E-state index contributed by atoms with van der Waals surface area (Å²) in [6.45, 7) is 5.01. The quantitative estimate of drug-likeness (QED) is 0.684. The number of hydrogen-bond donors (Lipinski definition) is 0. The number of rotatable bonds is 3. The second kappa shape index (κ2) is 7.12. The highest BCUT2D eigenvalue weighted by Gasteiger charge is 2.47. The van der Waals surface area contributed by atoms with Gasteiger partial charge >= 0.3 is 0 Å². The van der Waals surface area contributed by atoms with Crippen LogP contribution < -0.4 is 0 Å². The number of benzene rings is 1. The molecule has 1 fully saturated rings. The highest BCUT2D eigenvalue weighted by Crippen LogP contribution is 2.51. The minimum atomic E-state index is -0.198. The Labute approximate surface area is 166 Å². The fraction of sp³-hybridized carbons (Fsp3) is 0.333. The summed E-state index contributed by atoms with van der Waals surface area (Å²) in [4.78, 5) is 11.6. The number of likely N-dealkylation sites (tertiary alicyclic amines) is 1. The molecule has 28 heavy (non-hydrogen) atoms. The van der Waals surface area contributed by atoms with E-state index in [1.165, 1.54) is 16.7 Å². The first kappa shape index (κ1) is 17.5. The van der Waals surface area contributed by atoms with Crippen LogP contribution in [0.25, 0.3) is 0 Å². The summed E-state index contributed by atoms with van der Waals surface area (Å²) in [6.07, 6.45) is 5.74. The Hall–Kier alpha value is -2.56. The van der Waals surface area contributed by atoms with Crippen molar-refractivity contribution >= 4 is 0 Å². The van der Waals surface area contributed by atoms with Gasteiger partial charge in [0.1, 0.15) is 6.10 Å². The molecule has 1 atom stereocenters. The molecule has 3 aromatic rings. The van der Waals surface area contributed by atoms with Gasteiger partial charge in [0.05, 0.1) is 17.0 Å². The van der Waals surface area contributed by atoms with Crippen molar-refractivity contribution in [3.05, 3.63) is 95.1 Å². The van der Waals surface area contributed by atoms with E-state index in [1.54, 1.807) is 0 Å². The van der Waals surface area contributed by atoms with Crippen molar-refractivity contribution in [2.45, 2.75) is 38.0 Å². The molecule has 0 aliphatic carbocycles. The summed E-state index contributed by atoms with van der Waals surface area (Å²) in [5, 5.41) is 0. The molecule has 2 aliphatic heterocycles. The van der Waals surface area contributed by atoms with Gasteiger partial charge in [-0.25, -0.2) is 0 Å². The van der Waals surface area contributed by atoms with E-state index in [2.05, 4.69) is 64.3 Å². The Morgan fingerprint density at radius 1 is 1.00 bits per heavy atom. The lowest BCUT2D eigenvalue weighted by atomic mass is 9.83. The van der Waals surface area contributed by atoms with Crippen molar-refractivity contribution in [3.8, 4) is 0 Å². The molecule has 1 spiro atoms. The van der Waals surface area contributed by atoms with Gasteiger partial charge in [-0.3, -0.25) is 14.9 Å². The first-order chi connectivity index (χ1) is 13.7. The van der Waals surface area contributed by atoms with Crippen LogP contribution in [0.4, 0.5) is 0 Å². The van der Waals surface area contributed by atoms with Crippen molar-refractivity contribution < 1.29 is 4.74 Å². The fourth-order valence-corrected chi connectivity index (χ4v) is 4.52. The number of ether oxygens (including phenoxy) is 1. The summed E-state index contributed by atoms with van der Waals surface area (Å²) >= 11 is 0. The molecule has 0 N–H and O–H groups in total. The van der Waals surface area contributed by atoms with Gasteiger partial charge in [0, 0.05) is 32.0 Å². The average molecular weight is 371 g/mol. The monoisotopic (exact) mass is 371 g/mol. The SMILES string of the molecule is Cc1ccc(CN2CCC3(CC2)OC(c2ccccn2)c2ccccc23)nc1. The van der Waals surface area contributed by atoms with E-state index in [4.69, 9.17) is 4.74 Å². The number of hydrogen-bond acceptors (Lipinski definition) is 4. The van der Waals surface area contributed by atoms with Gasteiger partial charge in [-0.15, -0.1) is 0 Å². The van der Waals surface area contributed by atoms with Gasteiger partial charge in [0.25, 0.3) is 0 Å². The van der Waals surface area contributed by atoms with Crippen LogP contribution in [0.1, 0.15) is 47.0 Å². The van der Waals surface area contributed by atoms with E-state index < -0.39 is 0 Å². The first-order valence-electron chi connectivity index (χ1n) is 10.1. The van der Waals surface area contributed by atoms with Crippen molar-refractivity contribution in [1.29, 1.82) is 0 Å². The minimum Gasteiger partial charge on any atom is -0.356 e. The van der Waals surface area contributed by atoms with E-state index in [9.17, 15) is 0 Å². The Morgan fingerprint density at radius 3 is 2.57 bits per heavy atom. The predicted octanol–water partition coefficient (Wildman–Crippen LogP) is 4.40. The molecule has 142 valence electrons. The molecular weight excluding hydrogens is 346 g/mol. The van der Waals surface area contributed by atoms with E-state index >= 15 is 0 Å². The Bertz CT molecular complexity index is 947. The molecule has 0 radical (unpaired) electrons. The first-order valence-corrected chi connectivity index (χ1v) is 10.1. The van der Waals surface area contributed by atoms with E-state index in [0.717, 1.165) is 43.9 Å². The highest BCUT2D eigenvalue weighted by atomic mass is 16.5. The zero-order chi connectivity index (χ0) is 19.0. The molecule has 4 heterocycles. The average Bonchev–Trinajstić information content (AvgIpc) is 3.07. The molecule has 1 saturated heterocycles. The minimum absolute atomic E-state index is 0.0669. The van der Waals surface area contributed by atoms with Crippen LogP contribution in [0.3, 0.4) is 0 Å². The van der Waals surface area contributed by atoms with Crippen LogP contribution >= 0.6 is 0 Å². The smallest absolute Gasteiger partial charge is 0.126 e. The zero-order valence-electron chi connectivity index (χ0n) is 16.2. The molecule has 0 bridgehead atoms. The lowest BCUT2D eigenvalue weighted by molar-refractivity contribution is -0.0989. The van der Waals surface area contributed by atoms with Gasteiger partial charge in [-0.1, -0.05) is 36.4 Å². The molecule has 2 aromatic heterocycles. The number of pyridine rings is 2. The molecular formula is C24H25N3O. The second-order valence-corrected chi connectivity index (χ2v) is 7.94. The summed E-state index contributed by atoms with van der Waals surface area (Å²) in [6, 6.07) is 19.0. The number of nitrogens with zero attached hydrogens (tertiary/aromatic N) is 3. The summed E-state index contributed by atoms with van der Waals surface area (Å²) in [7, 11) is 0. The predicted molar refractivity (Wildman–Crippen MR) is 109 cm³/mol. The normalized spacial score (nSPS) is 21.0. The van der Waals surface area contributed by atoms with Crippen molar-refractivity contribution in [3.63, 3.8) is 0 Å². The molecule has 1 unspecified atom stereocenters. The maximum Gasteiger partial charge on any atom is 0.126 e. The number of piperidine rings is 1. The lowest BCUT2D eigenvalue weighted by Crippen LogP contribution is -2.42. The van der Waals surface area contributed by atoms with Crippen molar-refractivity contribution in [1.82, 2.24) is 14.9 Å². The maximum absolute atomic E-state index is 6.76. The number of fused-ring (bicyclic) bond motifs is 2. The molecule has 0 amide bonds. The highest BCUT2D eigenvalue weighted by molar-refractivity contribution is 5.42. The summed E-state index contributed by atoms with van der Waals surface area (Å²) < 4.78 is 6.76. The van der Waals surface area contributed by atoms with Crippen molar-refractivity contribution in [2.75, 3.05) is 13.1 Å². The number of aromatic nitrogens is 2. The zero-order valence-corrected chi connectivity index (χ0v) is 16.2. The van der Waals surface area contributed by atoms with Crippen LogP contribution in [0.5, 0.6) is 0 Å². The molecule has 5 rings (SSSR count). The molecule has 2 aliphatic rings. The van der Waals surface area contributed by atoms with Gasteiger partial charge in [0.2, 0.25) is 0 Å². The van der Waals surface area contributed by atoms with Crippen LogP contribution in [-0.4, -0.2) is 28.0 Å². The van der Waals surface area contributed by atoms with Crippen LogP contribution in [-0.2, 0) is 16.9 Å². The largest absolute Gasteiger partial charge is 0.356 e. The lowest BCUT2D eigenvalue weighted by Gasteiger charge is -2.39. The third kappa shape index (κ3) is 3.13. The van der Waals surface area contributed by atoms with Gasteiger partial charge in [0.15, 0.2) is 0 Å². The van der Waals surface area contributed by atoms with E-state index in [1.807, 2.05) is 24.5 Å². The van der Waals surface area contributed by atoms with E-state index in [0.29, 0.717) is 0 Å². The molecule has 0 saturated carbocycles. The van der Waals surface area contributed by atoms with Gasteiger partial charge in [-0.05, 0) is 54.7 Å². The Morgan fingerprint density at radius 2 is 1.82 bits per heavy atom. The molecule has 4 nitrogen and oxygen atoms in total. The van der Waals surface area contributed by atoms with E-state index in [-0.39, 0.29) is 11.7 Å². The number of aryl methyl sites for hydroxylation is 1. The van der Waals surface area contributed by atoms with Crippen LogP contribution in [0.15, 0.2) is 67.0 Å². The summed E-state index contributed by atoms with van der Waals surface area (Å²) in [5.74, 6) is 0. The summed E-state index contributed by atoms with van der Waals surface area (Å²) in [5.41, 5.74) is 5.76. The second-order valence-electron chi connectivity index (χ2n) is 7.94. The van der Waals surface area contributed by atoms with Crippen LogP contribution in [0.2, 0.25) is 0 Å². The molecule has 1 aromatic carbocycles. The van der Waals surface area contributed by atoms with Crippen LogP contribution in [0, 0.1) is 6.92 Å². The van der Waals surface area contributed by atoms with Gasteiger partial charge < -0.3 is 4.74 Å². The Balaban J connectivity index is 1.36. The fourth-order valence-electron chi connectivity index (χ4n) is 4.52. The Kier molecular flexibility index (Phi) is 4.46. The standard InChI is InChI=1S/C24H25N3O/c1-18-9-10-19(26-16-18)17-27-14-11-24(12-15-27)21-7-3-2-6-20(21)23(28-24)22-8-4-5-13-25-22/h2-10,13,16,23H,11-12,14-15,17H2,1H3. The molecule has 4 heteroatoms. The topological polar surface area (TPSA) is 38.2 Å². The van der Waals surface area contributed by atoms with Crippen molar-refractivity contribution in [2.24, 2.45) is 0 Å².